The third-order valence-electron chi connectivity index (χ3n) is 2.63. The van der Waals surface area contributed by atoms with Crippen molar-refractivity contribution in [3.8, 4) is 0 Å². The van der Waals surface area contributed by atoms with Gasteiger partial charge in [0.1, 0.15) is 5.82 Å². The molecule has 17 heavy (non-hydrogen) atoms. The molecular weight excluding hydrogens is 222 g/mol. The number of carboxylic acids is 1. The summed E-state index contributed by atoms with van der Waals surface area (Å²) in [5.74, 6) is -0.303. The topological polar surface area (TPSA) is 91.3 Å². The molecule has 0 bridgehead atoms. The summed E-state index contributed by atoms with van der Waals surface area (Å²) in [5.41, 5.74) is 0.160. The van der Waals surface area contributed by atoms with Crippen LogP contribution in [-0.2, 0) is 4.79 Å². The zero-order valence-electron chi connectivity index (χ0n) is 9.14. The molecular formula is C11H13N3O3. The fourth-order valence-electron chi connectivity index (χ4n) is 1.67. The molecule has 0 saturated carbocycles. The van der Waals surface area contributed by atoms with Crippen LogP contribution in [0.3, 0.4) is 0 Å². The SMILES string of the molecule is O=C1CCC(Nc2ccc(C(=O)O)cn2)CN1. The van der Waals surface area contributed by atoms with E-state index in [1.54, 1.807) is 6.07 Å². The van der Waals surface area contributed by atoms with Crippen LogP contribution < -0.4 is 10.6 Å². The highest BCUT2D eigenvalue weighted by atomic mass is 16.4. The van der Waals surface area contributed by atoms with Crippen LogP contribution in [0.4, 0.5) is 5.82 Å². The molecule has 1 aromatic rings. The van der Waals surface area contributed by atoms with Gasteiger partial charge in [-0.15, -0.1) is 0 Å². The Morgan fingerprint density at radius 3 is 2.88 bits per heavy atom. The smallest absolute Gasteiger partial charge is 0.337 e. The second-order valence-corrected chi connectivity index (χ2v) is 3.92. The van der Waals surface area contributed by atoms with Crippen molar-refractivity contribution in [2.24, 2.45) is 0 Å². The van der Waals surface area contributed by atoms with Crippen LogP contribution in [0.15, 0.2) is 18.3 Å². The maximum atomic E-state index is 11.0. The number of nitrogens with zero attached hydrogens (tertiary/aromatic N) is 1. The molecule has 1 unspecified atom stereocenters. The fraction of sp³-hybridized carbons (Fsp3) is 0.364. The van der Waals surface area contributed by atoms with Gasteiger partial charge in [0, 0.05) is 25.2 Å². The Hall–Kier alpha value is -2.11. The standard InChI is InChI=1S/C11H13N3O3/c15-10-4-2-8(6-13-10)14-9-3-1-7(5-12-9)11(16)17/h1,3,5,8H,2,4,6H2,(H,12,14)(H,13,15)(H,16,17). The maximum Gasteiger partial charge on any atom is 0.337 e. The number of rotatable bonds is 3. The minimum absolute atomic E-state index is 0.0669. The van der Waals surface area contributed by atoms with E-state index in [9.17, 15) is 9.59 Å². The summed E-state index contributed by atoms with van der Waals surface area (Å²) in [5, 5.41) is 14.6. The molecule has 0 radical (unpaired) electrons. The molecule has 2 rings (SSSR count). The highest BCUT2D eigenvalue weighted by Crippen LogP contribution is 2.11. The number of amides is 1. The molecule has 2 heterocycles. The maximum absolute atomic E-state index is 11.0. The molecule has 1 atom stereocenters. The lowest BCUT2D eigenvalue weighted by Gasteiger charge is -2.23. The van der Waals surface area contributed by atoms with Crippen molar-refractivity contribution in [2.45, 2.75) is 18.9 Å². The van der Waals surface area contributed by atoms with Crippen molar-refractivity contribution >= 4 is 17.7 Å². The average Bonchev–Trinajstić information content (AvgIpc) is 2.33. The second kappa shape index (κ2) is 4.82. The number of piperidine rings is 1. The molecule has 1 aliphatic rings. The van der Waals surface area contributed by atoms with Crippen molar-refractivity contribution in [3.05, 3.63) is 23.9 Å². The lowest BCUT2D eigenvalue weighted by atomic mass is 10.1. The first kappa shape index (κ1) is 11.4. The molecule has 0 aromatic carbocycles. The molecule has 1 amide bonds. The number of carboxylic acid groups (broad SMARTS) is 1. The van der Waals surface area contributed by atoms with Gasteiger partial charge >= 0.3 is 5.97 Å². The van der Waals surface area contributed by atoms with Gasteiger partial charge in [0.25, 0.3) is 0 Å². The van der Waals surface area contributed by atoms with Crippen LogP contribution in [-0.4, -0.2) is 34.6 Å². The van der Waals surface area contributed by atoms with E-state index in [2.05, 4.69) is 15.6 Å². The van der Waals surface area contributed by atoms with E-state index in [1.165, 1.54) is 12.3 Å². The Morgan fingerprint density at radius 1 is 1.53 bits per heavy atom. The number of aromatic carboxylic acids is 1. The highest BCUT2D eigenvalue weighted by Gasteiger charge is 2.17. The third kappa shape index (κ3) is 2.93. The molecule has 90 valence electrons. The number of aromatic nitrogens is 1. The normalized spacial score (nSPS) is 19.5. The Labute approximate surface area is 98.1 Å². The Kier molecular flexibility index (Phi) is 3.22. The number of carbonyl (C=O) groups is 2. The van der Waals surface area contributed by atoms with Gasteiger partial charge in [0.05, 0.1) is 5.56 Å². The molecule has 1 saturated heterocycles. The predicted molar refractivity (Wildman–Crippen MR) is 60.9 cm³/mol. The molecule has 3 N–H and O–H groups in total. The van der Waals surface area contributed by atoms with Gasteiger partial charge < -0.3 is 15.7 Å². The van der Waals surface area contributed by atoms with Gasteiger partial charge in [0.2, 0.25) is 5.91 Å². The number of hydrogen-bond acceptors (Lipinski definition) is 4. The van der Waals surface area contributed by atoms with E-state index in [0.717, 1.165) is 6.42 Å². The molecule has 1 fully saturated rings. The van der Waals surface area contributed by atoms with Gasteiger partial charge in [-0.1, -0.05) is 0 Å². The largest absolute Gasteiger partial charge is 0.478 e. The molecule has 6 heteroatoms. The molecule has 6 nitrogen and oxygen atoms in total. The zero-order valence-corrected chi connectivity index (χ0v) is 9.14. The fourth-order valence-corrected chi connectivity index (χ4v) is 1.67. The van der Waals surface area contributed by atoms with E-state index in [1.807, 2.05) is 0 Å². The van der Waals surface area contributed by atoms with Crippen molar-refractivity contribution < 1.29 is 14.7 Å². The lowest BCUT2D eigenvalue weighted by Crippen LogP contribution is -2.42. The summed E-state index contributed by atoms with van der Waals surface area (Å²) < 4.78 is 0. The third-order valence-corrected chi connectivity index (χ3v) is 2.63. The minimum Gasteiger partial charge on any atom is -0.478 e. The summed E-state index contributed by atoms with van der Waals surface area (Å²) in [6.45, 7) is 0.571. The first-order valence-electron chi connectivity index (χ1n) is 5.38. The summed E-state index contributed by atoms with van der Waals surface area (Å²) in [6, 6.07) is 3.27. The Bertz CT molecular complexity index is 420. The van der Waals surface area contributed by atoms with Crippen molar-refractivity contribution in [3.63, 3.8) is 0 Å². The van der Waals surface area contributed by atoms with E-state index >= 15 is 0 Å². The van der Waals surface area contributed by atoms with Crippen molar-refractivity contribution in [2.75, 3.05) is 11.9 Å². The Balaban J connectivity index is 1.95. The number of carbonyl (C=O) groups excluding carboxylic acids is 1. The van der Waals surface area contributed by atoms with Gasteiger partial charge in [-0.2, -0.15) is 0 Å². The van der Waals surface area contributed by atoms with E-state index < -0.39 is 5.97 Å². The minimum atomic E-state index is -0.992. The van der Waals surface area contributed by atoms with Crippen molar-refractivity contribution in [1.82, 2.24) is 10.3 Å². The van der Waals surface area contributed by atoms with Gasteiger partial charge in [-0.25, -0.2) is 9.78 Å². The molecule has 1 aromatic heterocycles. The monoisotopic (exact) mass is 235 g/mol. The van der Waals surface area contributed by atoms with E-state index in [-0.39, 0.29) is 17.5 Å². The summed E-state index contributed by atoms with van der Waals surface area (Å²) in [6.07, 6.45) is 2.57. The summed E-state index contributed by atoms with van der Waals surface area (Å²) >= 11 is 0. The lowest BCUT2D eigenvalue weighted by molar-refractivity contribution is -0.122. The summed E-state index contributed by atoms with van der Waals surface area (Å²) in [7, 11) is 0. The molecule has 1 aliphatic heterocycles. The predicted octanol–water partition coefficient (Wildman–Crippen LogP) is 0.470. The summed E-state index contributed by atoms with van der Waals surface area (Å²) in [4.78, 5) is 25.6. The first-order chi connectivity index (χ1) is 8.15. The van der Waals surface area contributed by atoms with Gasteiger partial charge in [-0.3, -0.25) is 4.79 Å². The van der Waals surface area contributed by atoms with Crippen LogP contribution in [0.2, 0.25) is 0 Å². The van der Waals surface area contributed by atoms with Crippen LogP contribution in [0, 0.1) is 0 Å². The number of pyridine rings is 1. The van der Waals surface area contributed by atoms with Crippen LogP contribution in [0.1, 0.15) is 23.2 Å². The quantitative estimate of drug-likeness (QED) is 0.708. The molecule has 0 aliphatic carbocycles. The highest BCUT2D eigenvalue weighted by molar-refractivity contribution is 5.87. The Morgan fingerprint density at radius 2 is 2.35 bits per heavy atom. The van der Waals surface area contributed by atoms with Crippen LogP contribution >= 0.6 is 0 Å². The zero-order chi connectivity index (χ0) is 12.3. The van der Waals surface area contributed by atoms with E-state index in [0.29, 0.717) is 18.8 Å². The van der Waals surface area contributed by atoms with Crippen LogP contribution in [0.25, 0.3) is 0 Å². The number of anilines is 1. The van der Waals surface area contributed by atoms with Gasteiger partial charge in [-0.05, 0) is 18.6 Å². The first-order valence-corrected chi connectivity index (χ1v) is 5.38. The van der Waals surface area contributed by atoms with Gasteiger partial charge in [0.15, 0.2) is 0 Å². The second-order valence-electron chi connectivity index (χ2n) is 3.92. The van der Waals surface area contributed by atoms with Crippen molar-refractivity contribution in [1.29, 1.82) is 0 Å². The number of nitrogens with one attached hydrogen (secondary N) is 2. The van der Waals surface area contributed by atoms with E-state index in [4.69, 9.17) is 5.11 Å². The van der Waals surface area contributed by atoms with Crippen LogP contribution in [0.5, 0.6) is 0 Å². The molecule has 0 spiro atoms. The average molecular weight is 235 g/mol. The number of hydrogen-bond donors (Lipinski definition) is 3.